The molecule has 1 amide bonds. The fourth-order valence-corrected chi connectivity index (χ4v) is 3.77. The van der Waals surface area contributed by atoms with Gasteiger partial charge in [0.15, 0.2) is 11.5 Å². The predicted octanol–water partition coefficient (Wildman–Crippen LogP) is 3.82. The minimum absolute atomic E-state index is 0.0871. The number of carbonyl (C=O) groups excluding carboxylic acids is 1. The van der Waals surface area contributed by atoms with Crippen LogP contribution < -0.4 is 24.2 Å². The molecular formula is C21H25F3N2O6S. The zero-order chi connectivity index (χ0) is 24.6. The summed E-state index contributed by atoms with van der Waals surface area (Å²) in [6.07, 6.45) is -4.31. The van der Waals surface area contributed by atoms with E-state index in [1.165, 1.54) is 32.4 Å². The molecule has 182 valence electrons. The Bertz CT molecular complexity index is 1070. The molecule has 33 heavy (non-hydrogen) atoms. The van der Waals surface area contributed by atoms with Crippen LogP contribution in [0, 0.1) is 0 Å². The number of anilines is 1. The second-order valence-electron chi connectivity index (χ2n) is 6.77. The van der Waals surface area contributed by atoms with Crippen LogP contribution in [0.4, 0.5) is 18.9 Å². The first-order valence-electron chi connectivity index (χ1n) is 9.87. The van der Waals surface area contributed by atoms with Crippen LogP contribution in [0.5, 0.6) is 17.2 Å². The maximum atomic E-state index is 13.0. The molecule has 8 nitrogen and oxygen atoms in total. The Balaban J connectivity index is 2.06. The zero-order valence-electron chi connectivity index (χ0n) is 18.3. The van der Waals surface area contributed by atoms with Crippen molar-refractivity contribution in [3.05, 3.63) is 42.0 Å². The molecule has 0 saturated heterocycles. The van der Waals surface area contributed by atoms with Crippen LogP contribution in [0.2, 0.25) is 0 Å². The van der Waals surface area contributed by atoms with Crippen molar-refractivity contribution in [1.29, 1.82) is 0 Å². The number of benzene rings is 2. The summed E-state index contributed by atoms with van der Waals surface area (Å²) >= 11 is 0. The van der Waals surface area contributed by atoms with Crippen molar-refractivity contribution in [2.24, 2.45) is 0 Å². The standard InChI is InChI=1S/C21H25F3N2O6S/c1-4-11-32-17-7-5-14(21(22,23)24)12-16(17)26-20(27)9-10-25-33(28,29)15-6-8-18(30-2)19(13-15)31-3/h5-8,12-13,25H,4,9-11H2,1-3H3,(H,26,27). The maximum Gasteiger partial charge on any atom is 0.416 e. The fourth-order valence-electron chi connectivity index (χ4n) is 2.72. The fraction of sp³-hybridized carbons (Fsp3) is 0.381. The molecule has 0 fully saturated rings. The van der Waals surface area contributed by atoms with Gasteiger partial charge in [-0.2, -0.15) is 13.2 Å². The van der Waals surface area contributed by atoms with Gasteiger partial charge in [-0.1, -0.05) is 6.92 Å². The Hall–Kier alpha value is -2.99. The van der Waals surface area contributed by atoms with E-state index in [0.717, 1.165) is 18.2 Å². The van der Waals surface area contributed by atoms with E-state index in [0.29, 0.717) is 12.2 Å². The summed E-state index contributed by atoms with van der Waals surface area (Å²) in [7, 11) is -1.20. The van der Waals surface area contributed by atoms with Crippen LogP contribution in [-0.4, -0.2) is 41.7 Å². The van der Waals surface area contributed by atoms with Crippen LogP contribution in [0.3, 0.4) is 0 Å². The third-order valence-corrected chi connectivity index (χ3v) is 5.81. The highest BCUT2D eigenvalue weighted by atomic mass is 32.2. The number of alkyl halides is 3. The highest BCUT2D eigenvalue weighted by Crippen LogP contribution is 2.35. The minimum Gasteiger partial charge on any atom is -0.493 e. The summed E-state index contributed by atoms with van der Waals surface area (Å²) in [5.74, 6) is -0.0462. The molecule has 2 aromatic rings. The lowest BCUT2D eigenvalue weighted by Crippen LogP contribution is -2.28. The molecule has 2 N–H and O–H groups in total. The Kier molecular flexibility index (Phi) is 8.94. The van der Waals surface area contributed by atoms with E-state index >= 15 is 0 Å². The van der Waals surface area contributed by atoms with E-state index in [1.807, 2.05) is 6.92 Å². The van der Waals surface area contributed by atoms with Gasteiger partial charge in [0, 0.05) is 19.0 Å². The van der Waals surface area contributed by atoms with Crippen molar-refractivity contribution < 1.29 is 40.6 Å². The number of halogens is 3. The summed E-state index contributed by atoms with van der Waals surface area (Å²) in [4.78, 5) is 12.2. The molecule has 0 aliphatic rings. The van der Waals surface area contributed by atoms with Crippen LogP contribution in [0.1, 0.15) is 25.3 Å². The number of rotatable bonds is 11. The van der Waals surface area contributed by atoms with Gasteiger partial charge in [-0.3, -0.25) is 4.79 Å². The lowest BCUT2D eigenvalue weighted by Gasteiger charge is -2.15. The van der Waals surface area contributed by atoms with E-state index in [2.05, 4.69) is 10.0 Å². The quantitative estimate of drug-likeness (QED) is 0.497. The predicted molar refractivity (Wildman–Crippen MR) is 115 cm³/mol. The number of methoxy groups -OCH3 is 2. The highest BCUT2D eigenvalue weighted by Gasteiger charge is 2.31. The largest absolute Gasteiger partial charge is 0.493 e. The van der Waals surface area contributed by atoms with E-state index in [4.69, 9.17) is 14.2 Å². The second-order valence-corrected chi connectivity index (χ2v) is 8.54. The molecule has 0 spiro atoms. The van der Waals surface area contributed by atoms with E-state index in [1.54, 1.807) is 0 Å². The van der Waals surface area contributed by atoms with Crippen LogP contribution in [-0.2, 0) is 21.0 Å². The van der Waals surface area contributed by atoms with Crippen LogP contribution in [0.25, 0.3) is 0 Å². The Labute approximate surface area is 190 Å². The van der Waals surface area contributed by atoms with Crippen molar-refractivity contribution >= 4 is 21.6 Å². The first kappa shape index (κ1) is 26.3. The van der Waals surface area contributed by atoms with Gasteiger partial charge in [0.25, 0.3) is 0 Å². The SMILES string of the molecule is CCCOc1ccc(C(F)(F)F)cc1NC(=O)CCNS(=O)(=O)c1ccc(OC)c(OC)c1. The number of sulfonamides is 1. The second kappa shape index (κ2) is 11.2. The van der Waals surface area contributed by atoms with Gasteiger partial charge in [-0.15, -0.1) is 0 Å². The minimum atomic E-state index is -4.60. The Morgan fingerprint density at radius 1 is 1.00 bits per heavy atom. The van der Waals surface area contributed by atoms with Crippen molar-refractivity contribution in [1.82, 2.24) is 4.72 Å². The summed E-state index contributed by atoms with van der Waals surface area (Å²) in [5.41, 5.74) is -1.10. The first-order valence-corrected chi connectivity index (χ1v) is 11.4. The molecule has 0 aliphatic heterocycles. The molecule has 0 aliphatic carbocycles. The van der Waals surface area contributed by atoms with E-state index in [-0.39, 0.29) is 41.7 Å². The normalized spacial score (nSPS) is 11.7. The number of amides is 1. The molecule has 12 heteroatoms. The molecule has 2 aromatic carbocycles. The third-order valence-electron chi connectivity index (χ3n) is 4.35. The summed E-state index contributed by atoms with van der Waals surface area (Å²) in [6.45, 7) is 1.79. The number of hydrogen-bond acceptors (Lipinski definition) is 6. The molecule has 0 bridgehead atoms. The van der Waals surface area contributed by atoms with Gasteiger partial charge in [0.05, 0.1) is 37.0 Å². The van der Waals surface area contributed by atoms with Crippen LogP contribution in [0.15, 0.2) is 41.3 Å². The van der Waals surface area contributed by atoms with Crippen molar-refractivity contribution in [3.63, 3.8) is 0 Å². The molecule has 0 unspecified atom stereocenters. The summed E-state index contributed by atoms with van der Waals surface area (Å²) in [6, 6.07) is 6.76. The highest BCUT2D eigenvalue weighted by molar-refractivity contribution is 7.89. The maximum absolute atomic E-state index is 13.0. The molecule has 2 rings (SSSR count). The topological polar surface area (TPSA) is 103 Å². The Morgan fingerprint density at radius 3 is 2.27 bits per heavy atom. The van der Waals surface area contributed by atoms with Gasteiger partial charge < -0.3 is 19.5 Å². The monoisotopic (exact) mass is 490 g/mol. The first-order chi connectivity index (χ1) is 15.5. The van der Waals surface area contributed by atoms with Gasteiger partial charge in [-0.25, -0.2) is 13.1 Å². The lowest BCUT2D eigenvalue weighted by atomic mass is 10.1. The number of nitrogens with one attached hydrogen (secondary N) is 2. The third kappa shape index (κ3) is 7.26. The summed E-state index contributed by atoms with van der Waals surface area (Å²) in [5, 5.41) is 2.36. The van der Waals surface area contributed by atoms with Gasteiger partial charge in [0.2, 0.25) is 15.9 Å². The zero-order valence-corrected chi connectivity index (χ0v) is 19.1. The Morgan fingerprint density at radius 2 is 1.67 bits per heavy atom. The van der Waals surface area contributed by atoms with Crippen LogP contribution >= 0.6 is 0 Å². The smallest absolute Gasteiger partial charge is 0.416 e. The molecule has 0 atom stereocenters. The van der Waals surface area contributed by atoms with Crippen molar-refractivity contribution in [3.8, 4) is 17.2 Å². The van der Waals surface area contributed by atoms with E-state index in [9.17, 15) is 26.4 Å². The van der Waals surface area contributed by atoms with Crippen molar-refractivity contribution in [2.75, 3.05) is 32.7 Å². The van der Waals surface area contributed by atoms with Gasteiger partial charge >= 0.3 is 6.18 Å². The number of carbonyl (C=O) groups is 1. The molecule has 0 radical (unpaired) electrons. The van der Waals surface area contributed by atoms with Crippen molar-refractivity contribution in [2.45, 2.75) is 30.8 Å². The van der Waals surface area contributed by atoms with Gasteiger partial charge in [0.1, 0.15) is 5.75 Å². The van der Waals surface area contributed by atoms with Gasteiger partial charge in [-0.05, 0) is 36.8 Å². The molecular weight excluding hydrogens is 465 g/mol. The average molecular weight is 491 g/mol. The average Bonchev–Trinajstić information content (AvgIpc) is 2.76. The molecule has 0 aromatic heterocycles. The number of hydrogen-bond donors (Lipinski definition) is 2. The lowest BCUT2D eigenvalue weighted by molar-refractivity contribution is -0.137. The number of ether oxygens (including phenoxy) is 3. The molecule has 0 heterocycles. The summed E-state index contributed by atoms with van der Waals surface area (Å²) < 4.78 is 81.9. The molecule has 0 saturated carbocycles. The van der Waals surface area contributed by atoms with E-state index < -0.39 is 27.7 Å².